The number of unbranched alkanes of at least 4 members (excludes halogenated alkanes) is 3. The first-order valence-electron chi connectivity index (χ1n) is 13.0. The van der Waals surface area contributed by atoms with Gasteiger partial charge in [0.25, 0.3) is 0 Å². The van der Waals surface area contributed by atoms with Gasteiger partial charge < -0.3 is 9.47 Å². The van der Waals surface area contributed by atoms with Crippen molar-refractivity contribution in [3.8, 4) is 0 Å². The van der Waals surface area contributed by atoms with Crippen LogP contribution in [-0.4, -0.2) is 37.5 Å². The highest BCUT2D eigenvalue weighted by Gasteiger charge is 2.13. The topological polar surface area (TPSA) is 142 Å². The van der Waals surface area contributed by atoms with Gasteiger partial charge in [-0.2, -0.15) is 0 Å². The second-order valence-electron chi connectivity index (χ2n) is 8.55. The maximum atomic E-state index is 11.8. The quantitative estimate of drug-likeness (QED) is 0.0942. The predicted octanol–water partition coefficient (Wildman–Crippen LogP) is 6.17. The van der Waals surface area contributed by atoms with Crippen LogP contribution >= 0.6 is 0 Å². The van der Waals surface area contributed by atoms with E-state index in [1.54, 1.807) is 48.5 Å². The maximum absolute atomic E-state index is 11.8. The SMILES string of the molecule is CCCc1ccc(C(=O)OOOC(=O)OCCCCCCOC(=O)OOOC(=O)c2ccc(CCC)cc2)cc1. The van der Waals surface area contributed by atoms with E-state index in [0.29, 0.717) is 25.7 Å². The summed E-state index contributed by atoms with van der Waals surface area (Å²) in [4.78, 5) is 63.9. The normalized spacial score (nSPS) is 10.3. The van der Waals surface area contributed by atoms with Crippen LogP contribution < -0.4 is 0 Å². The third kappa shape index (κ3) is 13.1. The summed E-state index contributed by atoms with van der Waals surface area (Å²) < 4.78 is 9.58. The van der Waals surface area contributed by atoms with Crippen molar-refractivity contribution in [2.75, 3.05) is 13.2 Å². The predicted molar refractivity (Wildman–Crippen MR) is 137 cm³/mol. The first-order chi connectivity index (χ1) is 19.4. The van der Waals surface area contributed by atoms with E-state index < -0.39 is 24.2 Å². The van der Waals surface area contributed by atoms with Gasteiger partial charge in [0.2, 0.25) is 0 Å². The zero-order valence-electron chi connectivity index (χ0n) is 22.6. The number of hydrogen-bond donors (Lipinski definition) is 0. The Labute approximate surface area is 232 Å². The number of carbonyl (C=O) groups is 4. The molecule has 0 atom stereocenters. The number of carbonyl (C=O) groups excluding carboxylic acids is 4. The van der Waals surface area contributed by atoms with Gasteiger partial charge in [-0.3, -0.25) is 9.78 Å². The molecule has 12 nitrogen and oxygen atoms in total. The number of rotatable bonds is 17. The van der Waals surface area contributed by atoms with Crippen molar-refractivity contribution in [3.05, 3.63) is 70.8 Å². The molecule has 0 heterocycles. The molecular weight excluding hydrogens is 528 g/mol. The van der Waals surface area contributed by atoms with E-state index in [9.17, 15) is 19.2 Å². The number of hydrogen-bond acceptors (Lipinski definition) is 12. The van der Waals surface area contributed by atoms with Gasteiger partial charge in [0.15, 0.2) is 0 Å². The van der Waals surface area contributed by atoms with Gasteiger partial charge in [-0.1, -0.05) is 51.0 Å². The Hall–Kier alpha value is -4.16. The van der Waals surface area contributed by atoms with E-state index >= 15 is 0 Å². The average molecular weight is 563 g/mol. The Morgan fingerprint density at radius 3 is 1.25 bits per heavy atom. The van der Waals surface area contributed by atoms with Crippen molar-refractivity contribution in [1.82, 2.24) is 0 Å². The standard InChI is InChI=1S/C28H34O12/c1-3-9-21-11-15-23(16-12-21)25(29)35-39-37-27(31)33-19-7-5-6-8-20-34-28(32)38-40-36-26(30)24-17-13-22(10-4-2)14-18-24/h11-18H,3-10,19-20H2,1-2H3. The smallest absolute Gasteiger partial charge is 0.432 e. The van der Waals surface area contributed by atoms with Crippen LogP contribution in [0.2, 0.25) is 0 Å². The molecule has 0 saturated heterocycles. The summed E-state index contributed by atoms with van der Waals surface area (Å²) in [5.41, 5.74) is 2.66. The average Bonchev–Trinajstić information content (AvgIpc) is 2.95. The molecular formula is C28H34O12. The molecule has 0 aliphatic rings. The van der Waals surface area contributed by atoms with Crippen LogP contribution in [-0.2, 0) is 51.9 Å². The molecule has 2 aromatic rings. The third-order valence-corrected chi connectivity index (χ3v) is 5.36. The summed E-state index contributed by atoms with van der Waals surface area (Å²) in [6.07, 6.45) is 3.76. The number of benzene rings is 2. The molecule has 0 fully saturated rings. The Bertz CT molecular complexity index is 964. The number of aryl methyl sites for hydroxylation is 2. The molecule has 2 rings (SSSR count). The Morgan fingerprint density at radius 1 is 0.525 bits per heavy atom. The lowest BCUT2D eigenvalue weighted by Gasteiger charge is -2.06. The molecule has 0 aliphatic heterocycles. The van der Waals surface area contributed by atoms with Gasteiger partial charge >= 0.3 is 24.2 Å². The van der Waals surface area contributed by atoms with Crippen LogP contribution in [0.5, 0.6) is 0 Å². The molecule has 218 valence electrons. The van der Waals surface area contributed by atoms with Crippen molar-refractivity contribution in [3.63, 3.8) is 0 Å². The van der Waals surface area contributed by atoms with Gasteiger partial charge in [0.05, 0.1) is 34.4 Å². The molecule has 0 saturated carbocycles. The van der Waals surface area contributed by atoms with Crippen LogP contribution in [0.15, 0.2) is 48.5 Å². The summed E-state index contributed by atoms with van der Waals surface area (Å²) in [5.74, 6) is -1.63. The monoisotopic (exact) mass is 562 g/mol. The van der Waals surface area contributed by atoms with Crippen LogP contribution in [0.1, 0.15) is 84.2 Å². The summed E-state index contributed by atoms with van der Waals surface area (Å²) in [6.45, 7) is 4.19. The second-order valence-corrected chi connectivity index (χ2v) is 8.55. The maximum Gasteiger partial charge on any atom is 0.543 e. The summed E-state index contributed by atoms with van der Waals surface area (Å²) in [7, 11) is 0. The molecule has 0 N–H and O–H groups in total. The minimum absolute atomic E-state index is 0.0401. The van der Waals surface area contributed by atoms with Crippen LogP contribution in [0, 0.1) is 0 Å². The van der Waals surface area contributed by atoms with E-state index in [-0.39, 0.29) is 24.3 Å². The molecule has 0 spiro atoms. The van der Waals surface area contributed by atoms with Crippen molar-refractivity contribution >= 4 is 24.2 Å². The van der Waals surface area contributed by atoms with Crippen molar-refractivity contribution < 1.29 is 58.3 Å². The molecule has 0 unspecified atom stereocenters. The molecule has 0 aliphatic carbocycles. The molecule has 0 aromatic heterocycles. The summed E-state index contributed by atoms with van der Waals surface area (Å²) >= 11 is 0. The molecule has 2 aromatic carbocycles. The highest BCUT2D eigenvalue weighted by molar-refractivity contribution is 5.89. The summed E-state index contributed by atoms with van der Waals surface area (Å²) in [6, 6.07) is 13.5. The third-order valence-electron chi connectivity index (χ3n) is 5.36. The van der Waals surface area contributed by atoms with Gasteiger partial charge in [-0.25, -0.2) is 29.0 Å². The number of ether oxygens (including phenoxy) is 2. The Morgan fingerprint density at radius 2 is 0.900 bits per heavy atom. The largest absolute Gasteiger partial charge is 0.543 e. The van der Waals surface area contributed by atoms with Crippen LogP contribution in [0.3, 0.4) is 0 Å². The van der Waals surface area contributed by atoms with Gasteiger partial charge in [-0.15, -0.1) is 0 Å². The lowest BCUT2D eigenvalue weighted by molar-refractivity contribution is -0.452. The first-order valence-corrected chi connectivity index (χ1v) is 13.0. The highest BCUT2D eigenvalue weighted by atomic mass is 17.5. The molecule has 40 heavy (non-hydrogen) atoms. The molecule has 0 amide bonds. The van der Waals surface area contributed by atoms with E-state index in [1.807, 2.05) is 0 Å². The van der Waals surface area contributed by atoms with Gasteiger partial charge in [-0.05, 0) is 73.9 Å². The van der Waals surface area contributed by atoms with E-state index in [2.05, 4.69) is 43.5 Å². The van der Waals surface area contributed by atoms with Crippen LogP contribution in [0.25, 0.3) is 0 Å². The van der Waals surface area contributed by atoms with Crippen molar-refractivity contribution in [2.45, 2.75) is 65.2 Å². The molecule has 12 heteroatoms. The zero-order chi connectivity index (χ0) is 29.0. The second kappa shape index (κ2) is 19.0. The minimum Gasteiger partial charge on any atom is -0.432 e. The Kier molecular flexibility index (Phi) is 15.2. The van der Waals surface area contributed by atoms with Gasteiger partial charge in [0, 0.05) is 0 Å². The highest BCUT2D eigenvalue weighted by Crippen LogP contribution is 2.10. The molecule has 0 radical (unpaired) electrons. The van der Waals surface area contributed by atoms with Crippen molar-refractivity contribution in [1.29, 1.82) is 0 Å². The fourth-order valence-corrected chi connectivity index (χ4v) is 3.36. The van der Waals surface area contributed by atoms with E-state index in [0.717, 1.165) is 36.8 Å². The fraction of sp³-hybridized carbons (Fsp3) is 0.429. The van der Waals surface area contributed by atoms with Gasteiger partial charge in [0.1, 0.15) is 0 Å². The lowest BCUT2D eigenvalue weighted by atomic mass is 10.1. The zero-order valence-corrected chi connectivity index (χ0v) is 22.6. The Balaban J connectivity index is 1.42. The minimum atomic E-state index is -1.16. The van der Waals surface area contributed by atoms with Crippen molar-refractivity contribution in [2.24, 2.45) is 0 Å². The van der Waals surface area contributed by atoms with E-state index in [1.165, 1.54) is 0 Å². The first kappa shape index (κ1) is 32.1. The van der Waals surface area contributed by atoms with Crippen LogP contribution in [0.4, 0.5) is 9.59 Å². The summed E-state index contributed by atoms with van der Waals surface area (Å²) in [5, 5.41) is 8.35. The molecule has 0 bridgehead atoms. The lowest BCUT2D eigenvalue weighted by Crippen LogP contribution is -2.13. The fourth-order valence-electron chi connectivity index (χ4n) is 3.36. The van der Waals surface area contributed by atoms with E-state index in [4.69, 9.17) is 9.47 Å².